The number of benzene rings is 1. The van der Waals surface area contributed by atoms with Gasteiger partial charge in [-0.2, -0.15) is 0 Å². The molecular weight excluding hydrogens is 334 g/mol. The number of carbonyl (C=O) groups excluding carboxylic acids is 1. The number of thioether (sulfide) groups is 1. The van der Waals surface area contributed by atoms with E-state index in [2.05, 4.69) is 38.1 Å². The van der Waals surface area contributed by atoms with E-state index >= 15 is 0 Å². The van der Waals surface area contributed by atoms with Gasteiger partial charge in [-0.05, 0) is 37.6 Å². The van der Waals surface area contributed by atoms with Crippen LogP contribution in [0.2, 0.25) is 0 Å². The lowest BCUT2D eigenvalue weighted by Gasteiger charge is -2.32. The quantitative estimate of drug-likeness (QED) is 0.831. The molecule has 2 N–H and O–H groups in total. The summed E-state index contributed by atoms with van der Waals surface area (Å²) in [4.78, 5) is 18.9. The van der Waals surface area contributed by atoms with Crippen LogP contribution < -0.4 is 5.73 Å². The van der Waals surface area contributed by atoms with Crippen molar-refractivity contribution >= 4 is 28.6 Å². The molecule has 134 valence electrons. The van der Waals surface area contributed by atoms with Crippen LogP contribution in [0.4, 0.5) is 0 Å². The number of rotatable bonds is 5. The second kappa shape index (κ2) is 8.17. The lowest BCUT2D eigenvalue weighted by molar-refractivity contribution is -0.137. The molecule has 0 unspecified atom stereocenters. The fraction of sp³-hybridized carbons (Fsp3) is 0.474. The normalized spacial score (nSPS) is 17.9. The van der Waals surface area contributed by atoms with Crippen LogP contribution in [0.3, 0.4) is 0 Å². The van der Waals surface area contributed by atoms with Crippen LogP contribution in [0, 0.1) is 13.8 Å². The van der Waals surface area contributed by atoms with Crippen LogP contribution in [-0.2, 0) is 9.53 Å². The van der Waals surface area contributed by atoms with Crippen molar-refractivity contribution in [2.75, 3.05) is 32.0 Å². The highest BCUT2D eigenvalue weighted by molar-refractivity contribution is 7.99. The van der Waals surface area contributed by atoms with Gasteiger partial charge in [0.05, 0.1) is 23.3 Å². The minimum absolute atomic E-state index is 0.0291. The first-order chi connectivity index (χ1) is 12.1. The Kier molecular flexibility index (Phi) is 5.93. The number of morpholine rings is 1. The Labute approximate surface area is 152 Å². The number of aryl methyl sites for hydroxylation is 2. The standard InChI is InChI=1S/C19H25N3O2S/c1-13-3-4-17-16(9-13)14(2)10-18(21-17)25-8-5-19(23)22-6-7-24-15(11-20)12-22/h3-4,9-10,15H,5-8,11-12,20H2,1-2H3/t15-/m0/s1. The highest BCUT2D eigenvalue weighted by Crippen LogP contribution is 2.25. The van der Waals surface area contributed by atoms with Gasteiger partial charge < -0.3 is 15.4 Å². The van der Waals surface area contributed by atoms with Crippen LogP contribution in [0.25, 0.3) is 10.9 Å². The molecule has 3 rings (SSSR count). The molecule has 0 saturated carbocycles. The Hall–Kier alpha value is -1.63. The molecule has 0 radical (unpaired) electrons. The van der Waals surface area contributed by atoms with Crippen molar-refractivity contribution in [2.24, 2.45) is 5.73 Å². The zero-order chi connectivity index (χ0) is 17.8. The fourth-order valence-electron chi connectivity index (χ4n) is 3.04. The van der Waals surface area contributed by atoms with Crippen molar-refractivity contribution in [3.8, 4) is 0 Å². The third-order valence-electron chi connectivity index (χ3n) is 4.47. The third-order valence-corrected chi connectivity index (χ3v) is 5.38. The van der Waals surface area contributed by atoms with E-state index in [4.69, 9.17) is 15.5 Å². The monoisotopic (exact) mass is 359 g/mol. The van der Waals surface area contributed by atoms with Crippen LogP contribution in [-0.4, -0.2) is 53.9 Å². The maximum absolute atomic E-state index is 12.4. The predicted molar refractivity (Wildman–Crippen MR) is 102 cm³/mol. The number of fused-ring (bicyclic) bond motifs is 1. The number of amides is 1. The molecule has 1 fully saturated rings. The maximum Gasteiger partial charge on any atom is 0.223 e. The zero-order valence-electron chi connectivity index (χ0n) is 14.8. The van der Waals surface area contributed by atoms with Crippen molar-refractivity contribution in [1.29, 1.82) is 0 Å². The summed E-state index contributed by atoms with van der Waals surface area (Å²) >= 11 is 1.64. The van der Waals surface area contributed by atoms with E-state index in [9.17, 15) is 4.79 Å². The van der Waals surface area contributed by atoms with E-state index in [1.54, 1.807) is 11.8 Å². The van der Waals surface area contributed by atoms with E-state index in [-0.39, 0.29) is 12.0 Å². The van der Waals surface area contributed by atoms with Gasteiger partial charge in [0.25, 0.3) is 0 Å². The molecule has 1 amide bonds. The van der Waals surface area contributed by atoms with Crippen molar-refractivity contribution in [3.63, 3.8) is 0 Å². The number of hydrogen-bond donors (Lipinski definition) is 1. The summed E-state index contributed by atoms with van der Waals surface area (Å²) in [7, 11) is 0. The Bertz CT molecular complexity index is 766. The van der Waals surface area contributed by atoms with Gasteiger partial charge in [0.15, 0.2) is 0 Å². The molecule has 0 bridgehead atoms. The minimum Gasteiger partial charge on any atom is -0.373 e. The van der Waals surface area contributed by atoms with Crippen LogP contribution in [0.5, 0.6) is 0 Å². The number of nitrogens with two attached hydrogens (primary N) is 1. The Balaban J connectivity index is 1.57. The molecule has 1 aromatic heterocycles. The summed E-state index contributed by atoms with van der Waals surface area (Å²) in [5.41, 5.74) is 9.11. The number of carbonyl (C=O) groups is 1. The number of hydrogen-bond acceptors (Lipinski definition) is 5. The predicted octanol–water partition coefficient (Wildman–Crippen LogP) is 2.52. The van der Waals surface area contributed by atoms with Gasteiger partial charge in [0.2, 0.25) is 5.91 Å². The summed E-state index contributed by atoms with van der Waals surface area (Å²) in [5, 5.41) is 2.17. The van der Waals surface area contributed by atoms with E-state index in [0.29, 0.717) is 32.7 Å². The highest BCUT2D eigenvalue weighted by Gasteiger charge is 2.22. The third kappa shape index (κ3) is 4.51. The van der Waals surface area contributed by atoms with Gasteiger partial charge in [-0.1, -0.05) is 11.6 Å². The molecule has 0 spiro atoms. The number of pyridine rings is 1. The molecule has 2 aromatic rings. The van der Waals surface area contributed by atoms with Crippen molar-refractivity contribution in [3.05, 3.63) is 35.4 Å². The number of nitrogens with zero attached hydrogens (tertiary/aromatic N) is 2. The molecule has 1 atom stereocenters. The lowest BCUT2D eigenvalue weighted by Crippen LogP contribution is -2.48. The second-order valence-electron chi connectivity index (χ2n) is 6.46. The molecule has 25 heavy (non-hydrogen) atoms. The van der Waals surface area contributed by atoms with Gasteiger partial charge in [-0.3, -0.25) is 4.79 Å². The summed E-state index contributed by atoms with van der Waals surface area (Å²) < 4.78 is 5.51. The fourth-order valence-corrected chi connectivity index (χ4v) is 3.95. The molecule has 5 nitrogen and oxygen atoms in total. The first-order valence-electron chi connectivity index (χ1n) is 8.67. The van der Waals surface area contributed by atoms with E-state index in [0.717, 1.165) is 16.3 Å². The number of ether oxygens (including phenoxy) is 1. The minimum atomic E-state index is -0.0291. The molecule has 1 aromatic carbocycles. The van der Waals surface area contributed by atoms with Crippen molar-refractivity contribution in [2.45, 2.75) is 31.4 Å². The second-order valence-corrected chi connectivity index (χ2v) is 7.58. The lowest BCUT2D eigenvalue weighted by atomic mass is 10.1. The molecule has 2 heterocycles. The SMILES string of the molecule is Cc1ccc2nc(SCCC(=O)N3CCO[C@@H](CN)C3)cc(C)c2c1. The highest BCUT2D eigenvalue weighted by atomic mass is 32.2. The molecule has 1 aliphatic rings. The average Bonchev–Trinajstić information content (AvgIpc) is 2.62. The van der Waals surface area contributed by atoms with Gasteiger partial charge in [-0.25, -0.2) is 4.98 Å². The van der Waals surface area contributed by atoms with Gasteiger partial charge in [-0.15, -0.1) is 11.8 Å². The van der Waals surface area contributed by atoms with Gasteiger partial charge in [0, 0.05) is 37.2 Å². The first kappa shape index (κ1) is 18.2. The maximum atomic E-state index is 12.4. The first-order valence-corrected chi connectivity index (χ1v) is 9.65. The van der Waals surface area contributed by atoms with Gasteiger partial charge >= 0.3 is 0 Å². The van der Waals surface area contributed by atoms with E-state index in [1.165, 1.54) is 16.5 Å². The van der Waals surface area contributed by atoms with Crippen LogP contribution in [0.15, 0.2) is 29.3 Å². The molecule has 1 saturated heterocycles. The summed E-state index contributed by atoms with van der Waals surface area (Å²) in [6.07, 6.45) is 0.479. The Morgan fingerprint density at radius 2 is 2.24 bits per heavy atom. The Morgan fingerprint density at radius 1 is 1.40 bits per heavy atom. The van der Waals surface area contributed by atoms with Crippen molar-refractivity contribution < 1.29 is 9.53 Å². The largest absolute Gasteiger partial charge is 0.373 e. The van der Waals surface area contributed by atoms with E-state index < -0.39 is 0 Å². The topological polar surface area (TPSA) is 68.5 Å². The number of aromatic nitrogens is 1. The summed E-state index contributed by atoms with van der Waals surface area (Å²) in [6.45, 7) is 6.50. The average molecular weight is 359 g/mol. The van der Waals surface area contributed by atoms with Crippen LogP contribution >= 0.6 is 11.8 Å². The van der Waals surface area contributed by atoms with Crippen LogP contribution in [0.1, 0.15) is 17.5 Å². The summed E-state index contributed by atoms with van der Waals surface area (Å²) in [6, 6.07) is 8.42. The van der Waals surface area contributed by atoms with Crippen molar-refractivity contribution in [1.82, 2.24) is 9.88 Å². The molecule has 6 heteroatoms. The molecular formula is C19H25N3O2S. The van der Waals surface area contributed by atoms with Gasteiger partial charge in [0.1, 0.15) is 0 Å². The molecule has 1 aliphatic heterocycles. The summed E-state index contributed by atoms with van der Waals surface area (Å²) in [5.74, 6) is 0.898. The van der Waals surface area contributed by atoms with E-state index in [1.807, 2.05) is 4.90 Å². The smallest absolute Gasteiger partial charge is 0.223 e. The zero-order valence-corrected chi connectivity index (χ0v) is 15.6. The Morgan fingerprint density at radius 3 is 3.04 bits per heavy atom. The molecule has 0 aliphatic carbocycles.